The fraction of sp³-hybridized carbons (Fsp3) is 0.333. The molecule has 0 aromatic heterocycles. The van der Waals surface area contributed by atoms with E-state index >= 15 is 0 Å². The monoisotopic (exact) mass is 417 g/mol. The Bertz CT molecular complexity index is 961. The number of carbonyl (C=O) groups is 2. The van der Waals surface area contributed by atoms with Crippen LogP contribution in [0.25, 0.3) is 0 Å². The van der Waals surface area contributed by atoms with Crippen LogP contribution in [0.1, 0.15) is 40.5 Å². The van der Waals surface area contributed by atoms with Crippen molar-refractivity contribution in [3.8, 4) is 5.75 Å². The Kier molecular flexibility index (Phi) is 6.66. The number of Topliss-reactive ketones (excluding diaryl/α,β-unsaturated/α-hetero) is 1. The largest absolute Gasteiger partial charge is 0.494 e. The van der Waals surface area contributed by atoms with Crippen molar-refractivity contribution in [1.29, 1.82) is 0 Å². The summed E-state index contributed by atoms with van der Waals surface area (Å²) in [6.45, 7) is 3.02. The first kappa shape index (κ1) is 21.0. The van der Waals surface area contributed by atoms with Crippen LogP contribution in [0.3, 0.4) is 0 Å². The van der Waals surface area contributed by atoms with Gasteiger partial charge in [-0.15, -0.1) is 0 Å². The number of sulfonamides is 1. The molecule has 0 unspecified atom stereocenters. The van der Waals surface area contributed by atoms with E-state index in [9.17, 15) is 18.0 Å². The lowest BCUT2D eigenvalue weighted by Crippen LogP contribution is -2.27. The van der Waals surface area contributed by atoms with Crippen molar-refractivity contribution >= 4 is 21.8 Å². The molecule has 2 aromatic rings. The second-order valence-electron chi connectivity index (χ2n) is 6.59. The first-order valence-electron chi connectivity index (χ1n) is 9.45. The van der Waals surface area contributed by atoms with Gasteiger partial charge in [-0.1, -0.05) is 0 Å². The molecule has 29 heavy (non-hydrogen) atoms. The van der Waals surface area contributed by atoms with Crippen LogP contribution >= 0.6 is 0 Å². The smallest absolute Gasteiger partial charge is 0.338 e. The van der Waals surface area contributed by atoms with E-state index in [1.165, 1.54) is 28.6 Å². The molecule has 1 aliphatic rings. The molecule has 0 atom stereocenters. The van der Waals surface area contributed by atoms with Gasteiger partial charge in [-0.2, -0.15) is 4.31 Å². The average molecular weight is 417 g/mol. The number of hydrogen-bond donors (Lipinski definition) is 0. The molecule has 0 spiro atoms. The zero-order chi connectivity index (χ0) is 20.9. The van der Waals surface area contributed by atoms with Crippen LogP contribution in [0.15, 0.2) is 53.4 Å². The summed E-state index contributed by atoms with van der Waals surface area (Å²) in [5.74, 6) is -0.367. The van der Waals surface area contributed by atoms with E-state index < -0.39 is 22.6 Å². The van der Waals surface area contributed by atoms with Crippen LogP contribution in [0.2, 0.25) is 0 Å². The highest BCUT2D eigenvalue weighted by molar-refractivity contribution is 7.89. The lowest BCUT2D eigenvalue weighted by molar-refractivity contribution is 0.0474. The van der Waals surface area contributed by atoms with E-state index in [2.05, 4.69) is 0 Å². The maximum Gasteiger partial charge on any atom is 0.338 e. The molecule has 1 fully saturated rings. The topological polar surface area (TPSA) is 90.0 Å². The van der Waals surface area contributed by atoms with Gasteiger partial charge in [-0.3, -0.25) is 4.79 Å². The molecule has 0 aliphatic carbocycles. The number of carbonyl (C=O) groups excluding carboxylic acids is 2. The third-order valence-corrected chi connectivity index (χ3v) is 6.53. The van der Waals surface area contributed by atoms with Gasteiger partial charge in [0, 0.05) is 18.7 Å². The highest BCUT2D eigenvalue weighted by Crippen LogP contribution is 2.21. The molecule has 0 radical (unpaired) electrons. The average Bonchev–Trinajstić information content (AvgIpc) is 3.28. The predicted octanol–water partition coefficient (Wildman–Crippen LogP) is 2.91. The molecule has 0 bridgehead atoms. The Morgan fingerprint density at radius 2 is 1.52 bits per heavy atom. The Morgan fingerprint density at radius 1 is 0.931 bits per heavy atom. The second kappa shape index (κ2) is 9.19. The summed E-state index contributed by atoms with van der Waals surface area (Å²) in [4.78, 5) is 24.5. The molecule has 8 heteroatoms. The van der Waals surface area contributed by atoms with Gasteiger partial charge < -0.3 is 9.47 Å². The standard InChI is InChI=1S/C21H23NO6S/c1-2-27-18-9-5-16(6-10-18)20(23)15-28-21(24)17-7-11-19(12-8-17)29(25,26)22-13-3-4-14-22/h5-12H,2-4,13-15H2,1H3. The number of rotatable bonds is 8. The highest BCUT2D eigenvalue weighted by Gasteiger charge is 2.27. The second-order valence-corrected chi connectivity index (χ2v) is 8.53. The number of ether oxygens (including phenoxy) is 2. The summed E-state index contributed by atoms with van der Waals surface area (Å²) in [6.07, 6.45) is 1.71. The minimum absolute atomic E-state index is 0.140. The number of benzene rings is 2. The van der Waals surface area contributed by atoms with Gasteiger partial charge >= 0.3 is 5.97 Å². The number of ketones is 1. The fourth-order valence-electron chi connectivity index (χ4n) is 3.04. The highest BCUT2D eigenvalue weighted by atomic mass is 32.2. The first-order chi connectivity index (χ1) is 13.9. The summed E-state index contributed by atoms with van der Waals surface area (Å²) in [5.41, 5.74) is 0.596. The maximum atomic E-state index is 12.5. The zero-order valence-corrected chi connectivity index (χ0v) is 17.0. The van der Waals surface area contributed by atoms with Crippen molar-refractivity contribution in [2.75, 3.05) is 26.3 Å². The van der Waals surface area contributed by atoms with Crippen molar-refractivity contribution in [1.82, 2.24) is 4.31 Å². The lowest BCUT2D eigenvalue weighted by atomic mass is 10.1. The Balaban J connectivity index is 1.58. The van der Waals surface area contributed by atoms with E-state index in [-0.39, 0.29) is 16.2 Å². The van der Waals surface area contributed by atoms with E-state index in [1.807, 2.05) is 6.92 Å². The third-order valence-electron chi connectivity index (χ3n) is 4.61. The Hall–Kier alpha value is -2.71. The molecule has 0 amide bonds. The summed E-state index contributed by atoms with van der Waals surface area (Å²) in [7, 11) is -3.53. The van der Waals surface area contributed by atoms with Gasteiger partial charge in [0.2, 0.25) is 10.0 Å². The van der Waals surface area contributed by atoms with Gasteiger partial charge in [-0.25, -0.2) is 13.2 Å². The van der Waals surface area contributed by atoms with Crippen molar-refractivity contribution in [3.05, 3.63) is 59.7 Å². The molecule has 0 N–H and O–H groups in total. The Morgan fingerprint density at radius 3 is 2.10 bits per heavy atom. The fourth-order valence-corrected chi connectivity index (χ4v) is 4.56. The molecule has 2 aromatic carbocycles. The molecule has 1 saturated heterocycles. The van der Waals surface area contributed by atoms with Crippen LogP contribution in [-0.2, 0) is 14.8 Å². The van der Waals surface area contributed by atoms with Gasteiger partial charge in [-0.05, 0) is 68.3 Å². The minimum Gasteiger partial charge on any atom is -0.494 e. The molecule has 154 valence electrons. The molecular formula is C21H23NO6S. The van der Waals surface area contributed by atoms with Gasteiger partial charge in [0.25, 0.3) is 0 Å². The summed E-state index contributed by atoms with van der Waals surface area (Å²) in [6, 6.07) is 12.1. The lowest BCUT2D eigenvalue weighted by Gasteiger charge is -2.15. The summed E-state index contributed by atoms with van der Waals surface area (Å²) >= 11 is 0. The first-order valence-corrected chi connectivity index (χ1v) is 10.9. The van der Waals surface area contributed by atoms with Crippen LogP contribution < -0.4 is 4.74 Å². The van der Waals surface area contributed by atoms with Crippen LogP contribution in [0.4, 0.5) is 0 Å². The molecule has 7 nitrogen and oxygen atoms in total. The number of nitrogens with zero attached hydrogens (tertiary/aromatic N) is 1. The van der Waals surface area contributed by atoms with E-state index in [1.54, 1.807) is 24.3 Å². The normalized spacial score (nSPS) is 14.5. The van der Waals surface area contributed by atoms with Gasteiger partial charge in [0.15, 0.2) is 12.4 Å². The molecule has 1 heterocycles. The van der Waals surface area contributed by atoms with Crippen molar-refractivity contribution in [2.24, 2.45) is 0 Å². The van der Waals surface area contributed by atoms with Crippen LogP contribution in [0.5, 0.6) is 5.75 Å². The van der Waals surface area contributed by atoms with E-state index in [0.29, 0.717) is 31.0 Å². The SMILES string of the molecule is CCOc1ccc(C(=O)COC(=O)c2ccc(S(=O)(=O)N3CCCC3)cc2)cc1. The quantitative estimate of drug-likeness (QED) is 0.485. The molecule has 0 saturated carbocycles. The predicted molar refractivity (Wildman–Crippen MR) is 107 cm³/mol. The maximum absolute atomic E-state index is 12.5. The summed E-state index contributed by atoms with van der Waals surface area (Å²) < 4.78 is 36.8. The van der Waals surface area contributed by atoms with Crippen LogP contribution in [-0.4, -0.2) is 50.8 Å². The summed E-state index contributed by atoms with van der Waals surface area (Å²) in [5, 5.41) is 0. The minimum atomic E-state index is -3.53. The Labute approximate surface area is 170 Å². The van der Waals surface area contributed by atoms with E-state index in [0.717, 1.165) is 12.8 Å². The number of esters is 1. The molecular weight excluding hydrogens is 394 g/mol. The van der Waals surface area contributed by atoms with Crippen molar-refractivity contribution in [3.63, 3.8) is 0 Å². The molecule has 3 rings (SSSR count). The number of hydrogen-bond acceptors (Lipinski definition) is 6. The third kappa shape index (κ3) is 5.02. The van der Waals surface area contributed by atoms with Crippen LogP contribution in [0, 0.1) is 0 Å². The van der Waals surface area contributed by atoms with Gasteiger partial charge in [0.05, 0.1) is 17.1 Å². The van der Waals surface area contributed by atoms with E-state index in [4.69, 9.17) is 9.47 Å². The molecule has 1 aliphatic heterocycles. The van der Waals surface area contributed by atoms with Crippen molar-refractivity contribution in [2.45, 2.75) is 24.7 Å². The van der Waals surface area contributed by atoms with Crippen molar-refractivity contribution < 1.29 is 27.5 Å². The van der Waals surface area contributed by atoms with Gasteiger partial charge in [0.1, 0.15) is 5.75 Å². The zero-order valence-electron chi connectivity index (χ0n) is 16.2.